The molecule has 1 N–H and O–H groups in total. The summed E-state index contributed by atoms with van der Waals surface area (Å²) in [5, 5.41) is 4.64. The van der Waals surface area contributed by atoms with E-state index in [1.54, 1.807) is 12.1 Å². The van der Waals surface area contributed by atoms with E-state index in [0.717, 1.165) is 17.2 Å². The molecule has 9 heteroatoms. The van der Waals surface area contributed by atoms with Gasteiger partial charge in [0.05, 0.1) is 22.4 Å². The molecule has 1 aromatic carbocycles. The number of nitrogens with zero attached hydrogens (tertiary/aromatic N) is 4. The summed E-state index contributed by atoms with van der Waals surface area (Å²) in [6.45, 7) is 0. The van der Waals surface area contributed by atoms with Crippen molar-refractivity contribution in [2.24, 2.45) is 0 Å². The Balaban J connectivity index is 2.07. The van der Waals surface area contributed by atoms with E-state index in [1.165, 1.54) is 11.8 Å². The van der Waals surface area contributed by atoms with E-state index >= 15 is 0 Å². The molecule has 20 heavy (non-hydrogen) atoms. The topological polar surface area (TPSA) is 63.6 Å². The second kappa shape index (κ2) is 5.69. The Kier molecular flexibility index (Phi) is 3.93. The monoisotopic (exact) mass is 343 g/mol. The van der Waals surface area contributed by atoms with Crippen molar-refractivity contribution in [2.45, 2.75) is 5.16 Å². The molecule has 2 aromatic heterocycles. The summed E-state index contributed by atoms with van der Waals surface area (Å²) in [5.74, 6) is 0.566. The van der Waals surface area contributed by atoms with Gasteiger partial charge in [0.15, 0.2) is 5.16 Å². The van der Waals surface area contributed by atoms with Gasteiger partial charge < -0.3 is 5.32 Å². The zero-order valence-electron chi connectivity index (χ0n) is 10.1. The van der Waals surface area contributed by atoms with Gasteiger partial charge in [-0.05, 0) is 18.4 Å². The molecule has 2 heterocycles. The molecule has 0 aliphatic carbocycles. The van der Waals surface area contributed by atoms with Crippen LogP contribution < -0.4 is 5.32 Å². The third kappa shape index (κ3) is 2.67. The molecule has 0 saturated carbocycles. The average Bonchev–Trinajstić information content (AvgIpc) is 2.90. The molecule has 3 rings (SSSR count). The number of fused-ring (bicyclic) bond motifs is 1. The molecule has 5 nitrogen and oxygen atoms in total. The number of hydrogen-bond acceptors (Lipinski definition) is 7. The molecule has 0 amide bonds. The third-order valence-electron chi connectivity index (χ3n) is 2.49. The summed E-state index contributed by atoms with van der Waals surface area (Å²) >= 11 is 14.7. The van der Waals surface area contributed by atoms with Gasteiger partial charge in [-0.2, -0.15) is 8.75 Å². The van der Waals surface area contributed by atoms with Crippen LogP contribution in [0.5, 0.6) is 0 Å². The number of aromatic nitrogens is 4. The Morgan fingerprint density at radius 1 is 1.20 bits per heavy atom. The van der Waals surface area contributed by atoms with Crippen LogP contribution in [0, 0.1) is 0 Å². The summed E-state index contributed by atoms with van der Waals surface area (Å²) < 4.78 is 8.43. The molecule has 0 saturated heterocycles. The van der Waals surface area contributed by atoms with Crippen molar-refractivity contribution in [3.05, 3.63) is 28.4 Å². The lowest BCUT2D eigenvalue weighted by Gasteiger charge is -2.09. The quantitative estimate of drug-likeness (QED) is 0.435. The second-order valence-corrected chi connectivity index (χ2v) is 5.84. The van der Waals surface area contributed by atoms with Crippen LogP contribution in [0.2, 0.25) is 10.2 Å². The van der Waals surface area contributed by atoms with Crippen molar-refractivity contribution in [2.75, 3.05) is 11.6 Å². The van der Waals surface area contributed by atoms with Crippen LogP contribution in [0.1, 0.15) is 0 Å². The lowest BCUT2D eigenvalue weighted by atomic mass is 10.2. The first kappa shape index (κ1) is 13.8. The molecular weight excluding hydrogens is 337 g/mol. The molecule has 0 fully saturated rings. The van der Waals surface area contributed by atoms with Crippen molar-refractivity contribution in [1.29, 1.82) is 0 Å². The maximum absolute atomic E-state index is 6.22. The minimum absolute atomic E-state index is 0.367. The number of benzene rings is 1. The first-order valence-corrected chi connectivity index (χ1v) is 8.15. The fourth-order valence-corrected chi connectivity index (χ4v) is 2.98. The molecule has 0 bridgehead atoms. The van der Waals surface area contributed by atoms with Gasteiger partial charge in [-0.1, -0.05) is 35.0 Å². The predicted octanol–water partition coefficient (Wildman–Crippen LogP) is 4.25. The molecule has 0 unspecified atom stereocenters. The maximum atomic E-state index is 6.22. The summed E-state index contributed by atoms with van der Waals surface area (Å²) in [5.41, 5.74) is 2.16. The fourth-order valence-electron chi connectivity index (χ4n) is 1.63. The molecule has 0 aliphatic rings. The van der Waals surface area contributed by atoms with Gasteiger partial charge in [0.25, 0.3) is 0 Å². The van der Waals surface area contributed by atoms with Crippen LogP contribution in [0.25, 0.3) is 11.0 Å². The molecule has 102 valence electrons. The number of rotatable bonds is 3. The Hall–Kier alpha value is -1.15. The fraction of sp³-hybridized carbons (Fsp3) is 0.0909. The van der Waals surface area contributed by atoms with Gasteiger partial charge in [0.2, 0.25) is 0 Å². The van der Waals surface area contributed by atoms with Crippen molar-refractivity contribution in [1.82, 2.24) is 18.7 Å². The largest absolute Gasteiger partial charge is 0.337 e. The predicted molar refractivity (Wildman–Crippen MR) is 84.5 cm³/mol. The SMILES string of the molecule is CSc1nc(Cl)cc(Nc2c(Cl)ccc3nsnc23)n1. The second-order valence-electron chi connectivity index (χ2n) is 3.74. The van der Waals surface area contributed by atoms with Gasteiger partial charge in [-0.3, -0.25) is 0 Å². The first-order valence-electron chi connectivity index (χ1n) is 5.44. The summed E-state index contributed by atoms with van der Waals surface area (Å²) in [6.07, 6.45) is 1.88. The van der Waals surface area contributed by atoms with Crippen LogP contribution in [-0.4, -0.2) is 25.0 Å². The maximum Gasteiger partial charge on any atom is 0.190 e. The Bertz CT molecular complexity index is 777. The van der Waals surface area contributed by atoms with Gasteiger partial charge >= 0.3 is 0 Å². The normalized spacial score (nSPS) is 10.9. The number of halogens is 2. The Morgan fingerprint density at radius 2 is 2.05 bits per heavy atom. The van der Waals surface area contributed by atoms with E-state index in [1.807, 2.05) is 12.3 Å². The van der Waals surface area contributed by atoms with E-state index in [2.05, 4.69) is 24.0 Å². The van der Waals surface area contributed by atoms with Crippen LogP contribution in [-0.2, 0) is 0 Å². The van der Waals surface area contributed by atoms with Gasteiger partial charge in [0.1, 0.15) is 22.0 Å². The van der Waals surface area contributed by atoms with Crippen LogP contribution in [0.3, 0.4) is 0 Å². The highest BCUT2D eigenvalue weighted by Crippen LogP contribution is 2.32. The minimum atomic E-state index is 0.367. The van der Waals surface area contributed by atoms with Crippen LogP contribution >= 0.6 is 46.7 Å². The highest BCUT2D eigenvalue weighted by Gasteiger charge is 2.12. The van der Waals surface area contributed by atoms with E-state index in [0.29, 0.717) is 32.4 Å². The standard InChI is InChI=1S/C11H7Cl2N5S2/c1-19-11-14-7(13)4-8(16-11)15-9-5(12)2-3-6-10(9)18-20-17-6/h2-4H,1H3,(H,14,15,16). The van der Waals surface area contributed by atoms with Crippen molar-refractivity contribution >= 4 is 69.2 Å². The summed E-state index contributed by atoms with van der Waals surface area (Å²) in [6, 6.07) is 5.23. The molecule has 0 spiro atoms. The number of thioether (sulfide) groups is 1. The Morgan fingerprint density at radius 3 is 2.85 bits per heavy atom. The van der Waals surface area contributed by atoms with Gasteiger partial charge in [0, 0.05) is 6.07 Å². The van der Waals surface area contributed by atoms with E-state index < -0.39 is 0 Å². The number of nitrogens with one attached hydrogen (secondary N) is 1. The van der Waals surface area contributed by atoms with E-state index in [9.17, 15) is 0 Å². The van der Waals surface area contributed by atoms with Gasteiger partial charge in [-0.15, -0.1) is 0 Å². The minimum Gasteiger partial charge on any atom is -0.337 e. The van der Waals surface area contributed by atoms with E-state index in [4.69, 9.17) is 23.2 Å². The molecular formula is C11H7Cl2N5S2. The molecule has 0 radical (unpaired) electrons. The smallest absolute Gasteiger partial charge is 0.190 e. The molecule has 0 atom stereocenters. The molecule has 3 aromatic rings. The number of anilines is 2. The zero-order chi connectivity index (χ0) is 14.1. The van der Waals surface area contributed by atoms with Crippen LogP contribution in [0.15, 0.2) is 23.4 Å². The molecule has 0 aliphatic heterocycles. The summed E-state index contributed by atoms with van der Waals surface area (Å²) in [4.78, 5) is 8.42. The Labute approximate surface area is 133 Å². The van der Waals surface area contributed by atoms with Gasteiger partial charge in [-0.25, -0.2) is 9.97 Å². The van der Waals surface area contributed by atoms with E-state index in [-0.39, 0.29) is 0 Å². The average molecular weight is 344 g/mol. The summed E-state index contributed by atoms with van der Waals surface area (Å²) in [7, 11) is 0. The zero-order valence-corrected chi connectivity index (χ0v) is 13.2. The highest BCUT2D eigenvalue weighted by molar-refractivity contribution is 7.98. The number of hydrogen-bond donors (Lipinski definition) is 1. The lowest BCUT2D eigenvalue weighted by Crippen LogP contribution is -1.98. The van der Waals surface area contributed by atoms with Crippen molar-refractivity contribution < 1.29 is 0 Å². The van der Waals surface area contributed by atoms with Crippen molar-refractivity contribution in [3.63, 3.8) is 0 Å². The first-order chi connectivity index (χ1) is 9.67. The third-order valence-corrected chi connectivity index (χ3v) is 4.09. The lowest BCUT2D eigenvalue weighted by molar-refractivity contribution is 0.976. The highest BCUT2D eigenvalue weighted by atomic mass is 35.5. The van der Waals surface area contributed by atoms with Crippen LogP contribution in [0.4, 0.5) is 11.5 Å². The van der Waals surface area contributed by atoms with Crippen molar-refractivity contribution in [3.8, 4) is 0 Å².